The molecule has 3 saturated heterocycles. The van der Waals surface area contributed by atoms with Gasteiger partial charge in [0.1, 0.15) is 0 Å². The van der Waals surface area contributed by atoms with Gasteiger partial charge in [-0.2, -0.15) is 0 Å². The van der Waals surface area contributed by atoms with Crippen LogP contribution in [0.3, 0.4) is 0 Å². The first-order chi connectivity index (χ1) is 7.29. The van der Waals surface area contributed by atoms with E-state index in [0.29, 0.717) is 19.8 Å². The summed E-state index contributed by atoms with van der Waals surface area (Å²) in [5, 5.41) is 0. The number of fused-ring (bicyclic) bond motifs is 9. The first-order valence-electron chi connectivity index (χ1n) is 5.93. The average Bonchev–Trinajstić information content (AvgIpc) is 2.26. The van der Waals surface area contributed by atoms with Gasteiger partial charge in [0.25, 0.3) is 5.97 Å². The van der Waals surface area contributed by atoms with E-state index in [4.69, 9.17) is 14.2 Å². The Morgan fingerprint density at radius 3 is 1.60 bits per heavy atom. The molecule has 0 aromatic carbocycles. The first-order valence-corrected chi connectivity index (χ1v) is 5.93. The molecule has 0 spiro atoms. The Bertz CT molecular complexity index is 167. The fourth-order valence-corrected chi connectivity index (χ4v) is 2.10. The Hall–Kier alpha value is -0.160. The second-order valence-corrected chi connectivity index (χ2v) is 4.31. The summed E-state index contributed by atoms with van der Waals surface area (Å²) in [5.74, 6) is -0.806. The van der Waals surface area contributed by atoms with Crippen molar-refractivity contribution in [3.8, 4) is 0 Å². The predicted molar refractivity (Wildman–Crippen MR) is 56.6 cm³/mol. The molecule has 3 rings (SSSR count). The van der Waals surface area contributed by atoms with Crippen molar-refractivity contribution in [1.82, 2.24) is 4.90 Å². The molecule has 0 unspecified atom stereocenters. The molecule has 0 aromatic rings. The highest BCUT2D eigenvalue weighted by Crippen LogP contribution is 2.18. The molecule has 4 nitrogen and oxygen atoms in total. The first kappa shape index (κ1) is 11.3. The zero-order valence-corrected chi connectivity index (χ0v) is 9.54. The molecule has 0 saturated carbocycles. The molecule has 3 heterocycles. The van der Waals surface area contributed by atoms with Crippen LogP contribution in [0, 0.1) is 0 Å². The lowest BCUT2D eigenvalue weighted by Crippen LogP contribution is -2.41. The van der Waals surface area contributed by atoms with E-state index in [9.17, 15) is 0 Å². The van der Waals surface area contributed by atoms with Crippen molar-refractivity contribution in [2.45, 2.75) is 32.2 Å². The van der Waals surface area contributed by atoms with Crippen molar-refractivity contribution in [3.05, 3.63) is 0 Å². The lowest BCUT2D eigenvalue weighted by molar-refractivity contribution is -0.373. The third-order valence-corrected chi connectivity index (χ3v) is 2.95. The summed E-state index contributed by atoms with van der Waals surface area (Å²) in [6, 6.07) is 0. The summed E-state index contributed by atoms with van der Waals surface area (Å²) in [6.07, 6.45) is 3.17. The molecular weight excluding hydrogens is 194 g/mol. The predicted octanol–water partition coefficient (Wildman–Crippen LogP) is 1.21. The fourth-order valence-electron chi connectivity index (χ4n) is 2.10. The maximum Gasteiger partial charge on any atom is 0.279 e. The highest BCUT2D eigenvalue weighted by molar-refractivity contribution is 4.63. The van der Waals surface area contributed by atoms with E-state index in [1.807, 2.05) is 6.92 Å². The van der Waals surface area contributed by atoms with Crippen molar-refractivity contribution in [2.75, 3.05) is 39.5 Å². The van der Waals surface area contributed by atoms with Crippen molar-refractivity contribution in [3.63, 3.8) is 0 Å². The Balaban J connectivity index is 2.02. The van der Waals surface area contributed by atoms with Gasteiger partial charge < -0.3 is 19.1 Å². The average molecular weight is 215 g/mol. The van der Waals surface area contributed by atoms with Crippen LogP contribution in [-0.2, 0) is 14.2 Å². The van der Waals surface area contributed by atoms with Crippen LogP contribution in [0.2, 0.25) is 0 Å². The third-order valence-electron chi connectivity index (χ3n) is 2.95. The van der Waals surface area contributed by atoms with E-state index in [2.05, 4.69) is 4.90 Å². The molecule has 4 heteroatoms. The zero-order valence-electron chi connectivity index (χ0n) is 9.54. The molecule has 0 aromatic heterocycles. The summed E-state index contributed by atoms with van der Waals surface area (Å²) in [7, 11) is 0. The van der Waals surface area contributed by atoms with Crippen molar-refractivity contribution < 1.29 is 14.2 Å². The number of hydrogen-bond acceptors (Lipinski definition) is 4. The van der Waals surface area contributed by atoms with Crippen LogP contribution >= 0.6 is 0 Å². The normalized spacial score (nSPS) is 39.4. The summed E-state index contributed by atoms with van der Waals surface area (Å²) in [5.41, 5.74) is 0. The molecule has 3 aliphatic heterocycles. The van der Waals surface area contributed by atoms with Gasteiger partial charge in [-0.05, 0) is 19.3 Å². The van der Waals surface area contributed by atoms with Gasteiger partial charge in [0.05, 0.1) is 19.8 Å². The van der Waals surface area contributed by atoms with Gasteiger partial charge in [-0.3, -0.25) is 0 Å². The Morgan fingerprint density at radius 2 is 1.20 bits per heavy atom. The van der Waals surface area contributed by atoms with E-state index in [-0.39, 0.29) is 0 Å². The maximum absolute atomic E-state index is 5.66. The highest BCUT2D eigenvalue weighted by Gasteiger charge is 2.28. The monoisotopic (exact) mass is 215 g/mol. The van der Waals surface area contributed by atoms with Crippen LogP contribution in [0.4, 0.5) is 0 Å². The third kappa shape index (κ3) is 3.41. The van der Waals surface area contributed by atoms with E-state index in [1.54, 1.807) is 0 Å². The van der Waals surface area contributed by atoms with Crippen LogP contribution in [0.1, 0.15) is 26.2 Å². The van der Waals surface area contributed by atoms with Gasteiger partial charge in [0.2, 0.25) is 0 Å². The summed E-state index contributed by atoms with van der Waals surface area (Å²) >= 11 is 0. The number of hydrogen-bond donors (Lipinski definition) is 0. The molecule has 0 N–H and O–H groups in total. The lowest BCUT2D eigenvalue weighted by atomic mass is 10.3. The number of ether oxygens (including phenoxy) is 3. The second kappa shape index (κ2) is 5.25. The Morgan fingerprint density at radius 1 is 0.800 bits per heavy atom. The molecule has 88 valence electrons. The standard InChI is InChI=1S/C11H21NO3/c1-11-13-8-2-5-12(6-3-9-14-11)7-4-10-15-11/h2-10H2,1H3. The fraction of sp³-hybridized carbons (Fsp3) is 1.00. The number of nitrogens with zero attached hydrogens (tertiary/aromatic N) is 1. The molecule has 0 radical (unpaired) electrons. The topological polar surface area (TPSA) is 30.9 Å². The molecule has 0 atom stereocenters. The minimum absolute atomic E-state index is 0.715. The van der Waals surface area contributed by atoms with Gasteiger partial charge in [0.15, 0.2) is 0 Å². The molecule has 2 bridgehead atoms. The minimum Gasteiger partial charge on any atom is -0.328 e. The summed E-state index contributed by atoms with van der Waals surface area (Å²) in [6.45, 7) is 7.43. The molecular formula is C11H21NO3. The minimum atomic E-state index is -0.806. The van der Waals surface area contributed by atoms with Crippen molar-refractivity contribution >= 4 is 0 Å². The largest absolute Gasteiger partial charge is 0.328 e. The quantitative estimate of drug-likeness (QED) is 0.608. The van der Waals surface area contributed by atoms with Crippen LogP contribution in [-0.4, -0.2) is 50.3 Å². The van der Waals surface area contributed by atoms with Gasteiger partial charge in [0, 0.05) is 26.6 Å². The second-order valence-electron chi connectivity index (χ2n) is 4.31. The molecule has 0 aliphatic carbocycles. The zero-order chi connectivity index (χ0) is 10.6. The van der Waals surface area contributed by atoms with E-state index in [1.165, 1.54) is 0 Å². The van der Waals surface area contributed by atoms with Crippen LogP contribution in [0.15, 0.2) is 0 Å². The van der Waals surface area contributed by atoms with E-state index < -0.39 is 5.97 Å². The maximum atomic E-state index is 5.66. The smallest absolute Gasteiger partial charge is 0.279 e. The summed E-state index contributed by atoms with van der Waals surface area (Å²) in [4.78, 5) is 2.48. The molecule has 3 fully saturated rings. The lowest BCUT2D eigenvalue weighted by Gasteiger charge is -2.34. The highest BCUT2D eigenvalue weighted by atomic mass is 16.9. The van der Waals surface area contributed by atoms with Gasteiger partial charge in [-0.15, -0.1) is 0 Å². The van der Waals surface area contributed by atoms with Gasteiger partial charge in [-0.25, -0.2) is 0 Å². The Kier molecular flexibility index (Phi) is 3.97. The number of rotatable bonds is 0. The van der Waals surface area contributed by atoms with Gasteiger partial charge >= 0.3 is 0 Å². The molecule has 15 heavy (non-hydrogen) atoms. The van der Waals surface area contributed by atoms with Crippen LogP contribution in [0.5, 0.6) is 0 Å². The van der Waals surface area contributed by atoms with Crippen LogP contribution < -0.4 is 0 Å². The van der Waals surface area contributed by atoms with Crippen LogP contribution in [0.25, 0.3) is 0 Å². The van der Waals surface area contributed by atoms with Crippen molar-refractivity contribution in [1.29, 1.82) is 0 Å². The molecule has 3 aliphatic rings. The Labute approximate surface area is 91.5 Å². The van der Waals surface area contributed by atoms with E-state index >= 15 is 0 Å². The van der Waals surface area contributed by atoms with Gasteiger partial charge in [-0.1, -0.05) is 0 Å². The van der Waals surface area contributed by atoms with Crippen molar-refractivity contribution in [2.24, 2.45) is 0 Å². The summed E-state index contributed by atoms with van der Waals surface area (Å²) < 4.78 is 17.0. The SMILES string of the molecule is CC12OCCCN(CCCO1)CCCO2. The molecule has 0 amide bonds. The van der Waals surface area contributed by atoms with E-state index in [0.717, 1.165) is 38.9 Å².